The average molecular weight is 537 g/mol. The number of amides is 1. The van der Waals surface area contributed by atoms with Gasteiger partial charge in [-0.25, -0.2) is 4.98 Å². The number of ether oxygens (including phenoxy) is 2. The van der Waals surface area contributed by atoms with E-state index in [0.717, 1.165) is 84.4 Å². The van der Waals surface area contributed by atoms with Gasteiger partial charge in [-0.1, -0.05) is 6.07 Å². The Morgan fingerprint density at radius 2 is 1.84 bits per heavy atom. The van der Waals surface area contributed by atoms with E-state index in [4.69, 9.17) is 14.5 Å². The Hall–Kier alpha value is -3.40. The molecule has 0 atom stereocenters. The number of nitrogens with zero attached hydrogens (tertiary/aromatic N) is 3. The Bertz CT molecular complexity index is 1430. The van der Waals surface area contributed by atoms with Crippen LogP contribution in [0.2, 0.25) is 0 Å². The standard InChI is InChI=1S/C28H32N6O3.ClH/c1-29-28(35)20-13-21-23(16-33-27(21)32-15-20)19-2-3-24-22(12-19)26(34-6-10-37-11-7-34)25(17-31-24)30-14-18-4-8-36-9-5-18;/h2-3,12-13,15-18,30H,4-11,14H2,1H3,(H,29,35)(H,32,33);1H. The van der Waals surface area contributed by atoms with Crippen LogP contribution in [0.25, 0.3) is 33.1 Å². The molecular weight excluding hydrogens is 504 g/mol. The molecule has 4 aromatic rings. The lowest BCUT2D eigenvalue weighted by atomic mass is 9.99. The maximum absolute atomic E-state index is 12.2. The van der Waals surface area contributed by atoms with Crippen molar-refractivity contribution >= 4 is 51.6 Å². The van der Waals surface area contributed by atoms with Gasteiger partial charge in [0.05, 0.1) is 41.9 Å². The second-order valence-electron chi connectivity index (χ2n) is 9.69. The largest absolute Gasteiger partial charge is 0.382 e. The number of rotatable bonds is 6. The quantitative estimate of drug-likeness (QED) is 0.338. The average Bonchev–Trinajstić information content (AvgIpc) is 3.39. The summed E-state index contributed by atoms with van der Waals surface area (Å²) in [6.07, 6.45) is 7.69. The molecule has 3 aromatic heterocycles. The van der Waals surface area contributed by atoms with Crippen LogP contribution in [-0.2, 0) is 9.47 Å². The number of benzene rings is 1. The lowest BCUT2D eigenvalue weighted by molar-refractivity contribution is 0.0699. The molecule has 9 nitrogen and oxygen atoms in total. The fourth-order valence-corrected chi connectivity index (χ4v) is 5.32. The molecule has 0 unspecified atom stereocenters. The fourth-order valence-electron chi connectivity index (χ4n) is 5.32. The fraction of sp³-hybridized carbons (Fsp3) is 0.393. The number of hydrogen-bond acceptors (Lipinski definition) is 7. The molecule has 3 N–H and O–H groups in total. The van der Waals surface area contributed by atoms with E-state index in [1.54, 1.807) is 13.2 Å². The van der Waals surface area contributed by atoms with Crippen molar-refractivity contribution in [2.24, 2.45) is 5.92 Å². The lowest BCUT2D eigenvalue weighted by Gasteiger charge is -2.32. The number of aromatic amines is 1. The van der Waals surface area contributed by atoms with E-state index < -0.39 is 0 Å². The molecule has 2 fully saturated rings. The van der Waals surface area contributed by atoms with Crippen LogP contribution in [0, 0.1) is 5.92 Å². The Morgan fingerprint density at radius 3 is 2.63 bits per heavy atom. The molecule has 200 valence electrons. The number of pyridine rings is 2. The number of carbonyl (C=O) groups is 1. The van der Waals surface area contributed by atoms with Crippen LogP contribution in [0.1, 0.15) is 23.2 Å². The van der Waals surface area contributed by atoms with Crippen molar-refractivity contribution in [2.45, 2.75) is 12.8 Å². The molecule has 0 radical (unpaired) electrons. The predicted octanol–water partition coefficient (Wildman–Crippen LogP) is 4.23. The van der Waals surface area contributed by atoms with E-state index in [1.165, 1.54) is 5.69 Å². The first-order valence-electron chi connectivity index (χ1n) is 13.0. The number of morpholine rings is 1. The summed E-state index contributed by atoms with van der Waals surface area (Å²) in [6.45, 7) is 5.67. The van der Waals surface area contributed by atoms with Gasteiger partial charge < -0.3 is 30.0 Å². The number of anilines is 2. The second-order valence-corrected chi connectivity index (χ2v) is 9.69. The third kappa shape index (κ3) is 5.14. The number of nitrogens with one attached hydrogen (secondary N) is 3. The van der Waals surface area contributed by atoms with Gasteiger partial charge in [0, 0.05) is 68.6 Å². The molecule has 0 spiro atoms. The van der Waals surface area contributed by atoms with Crippen LogP contribution in [0.4, 0.5) is 11.4 Å². The summed E-state index contributed by atoms with van der Waals surface area (Å²) in [6, 6.07) is 8.26. The van der Waals surface area contributed by atoms with Gasteiger partial charge in [-0.15, -0.1) is 12.4 Å². The van der Waals surface area contributed by atoms with Gasteiger partial charge in [0.2, 0.25) is 0 Å². The van der Waals surface area contributed by atoms with Gasteiger partial charge >= 0.3 is 0 Å². The molecule has 6 rings (SSSR count). The summed E-state index contributed by atoms with van der Waals surface area (Å²) < 4.78 is 11.2. The summed E-state index contributed by atoms with van der Waals surface area (Å²) in [5.41, 5.74) is 6.52. The molecule has 10 heteroatoms. The van der Waals surface area contributed by atoms with Gasteiger partial charge in [-0.05, 0) is 42.5 Å². The number of halogens is 1. The summed E-state index contributed by atoms with van der Waals surface area (Å²) in [7, 11) is 1.63. The van der Waals surface area contributed by atoms with Crippen molar-refractivity contribution in [3.05, 3.63) is 48.4 Å². The van der Waals surface area contributed by atoms with Crippen LogP contribution in [-0.4, -0.2) is 74.0 Å². The van der Waals surface area contributed by atoms with E-state index in [0.29, 0.717) is 24.7 Å². The topological polar surface area (TPSA) is 104 Å². The summed E-state index contributed by atoms with van der Waals surface area (Å²) in [4.78, 5) is 27.2. The predicted molar refractivity (Wildman–Crippen MR) is 153 cm³/mol. The minimum absolute atomic E-state index is 0. The van der Waals surface area contributed by atoms with E-state index in [1.807, 2.05) is 18.5 Å². The van der Waals surface area contributed by atoms with Gasteiger partial charge in [-0.3, -0.25) is 9.78 Å². The maximum atomic E-state index is 12.2. The monoisotopic (exact) mass is 536 g/mol. The van der Waals surface area contributed by atoms with Crippen LogP contribution in [0.3, 0.4) is 0 Å². The zero-order valence-electron chi connectivity index (χ0n) is 21.5. The number of hydrogen-bond donors (Lipinski definition) is 3. The molecule has 0 bridgehead atoms. The van der Waals surface area contributed by atoms with Crippen LogP contribution in [0.5, 0.6) is 0 Å². The van der Waals surface area contributed by atoms with Crippen LogP contribution < -0.4 is 15.5 Å². The molecule has 2 aliphatic heterocycles. The van der Waals surface area contributed by atoms with Gasteiger partial charge in [0.1, 0.15) is 5.65 Å². The Morgan fingerprint density at radius 1 is 1.05 bits per heavy atom. The molecular formula is C28H33ClN6O3. The lowest BCUT2D eigenvalue weighted by Crippen LogP contribution is -2.37. The van der Waals surface area contributed by atoms with Crippen molar-refractivity contribution in [2.75, 3.05) is 63.3 Å². The molecule has 38 heavy (non-hydrogen) atoms. The number of aromatic nitrogens is 3. The van der Waals surface area contributed by atoms with Crippen molar-refractivity contribution in [3.8, 4) is 11.1 Å². The zero-order chi connectivity index (χ0) is 25.2. The minimum atomic E-state index is -0.154. The molecule has 0 aliphatic carbocycles. The Balaban J connectivity index is 0.00000294. The summed E-state index contributed by atoms with van der Waals surface area (Å²) in [5.74, 6) is 0.445. The smallest absolute Gasteiger partial charge is 0.252 e. The first kappa shape index (κ1) is 26.2. The van der Waals surface area contributed by atoms with Crippen molar-refractivity contribution in [1.82, 2.24) is 20.3 Å². The van der Waals surface area contributed by atoms with Gasteiger partial charge in [0.25, 0.3) is 5.91 Å². The number of carbonyl (C=O) groups excluding carboxylic acids is 1. The molecule has 5 heterocycles. The van der Waals surface area contributed by atoms with Crippen LogP contribution >= 0.6 is 12.4 Å². The Kier molecular flexibility index (Phi) is 7.97. The third-order valence-corrected chi connectivity index (χ3v) is 7.42. The second kappa shape index (κ2) is 11.6. The van der Waals surface area contributed by atoms with Crippen molar-refractivity contribution in [1.29, 1.82) is 0 Å². The molecule has 0 saturated carbocycles. The highest BCUT2D eigenvalue weighted by Crippen LogP contribution is 2.38. The van der Waals surface area contributed by atoms with Gasteiger partial charge in [0.15, 0.2) is 0 Å². The first-order chi connectivity index (χ1) is 18.2. The van der Waals surface area contributed by atoms with Gasteiger partial charge in [-0.2, -0.15) is 0 Å². The minimum Gasteiger partial charge on any atom is -0.382 e. The van der Waals surface area contributed by atoms with E-state index in [2.05, 4.69) is 43.7 Å². The zero-order valence-corrected chi connectivity index (χ0v) is 22.3. The third-order valence-electron chi connectivity index (χ3n) is 7.42. The maximum Gasteiger partial charge on any atom is 0.252 e. The molecule has 1 amide bonds. The first-order valence-corrected chi connectivity index (χ1v) is 13.0. The van der Waals surface area contributed by atoms with Crippen molar-refractivity contribution in [3.63, 3.8) is 0 Å². The highest BCUT2D eigenvalue weighted by molar-refractivity contribution is 6.04. The molecule has 2 aliphatic rings. The van der Waals surface area contributed by atoms with E-state index >= 15 is 0 Å². The number of H-pyrrole nitrogens is 1. The number of fused-ring (bicyclic) bond motifs is 2. The van der Waals surface area contributed by atoms with Crippen molar-refractivity contribution < 1.29 is 14.3 Å². The van der Waals surface area contributed by atoms with Crippen LogP contribution in [0.15, 0.2) is 42.9 Å². The summed E-state index contributed by atoms with van der Waals surface area (Å²) in [5, 5.41) is 8.41. The highest BCUT2D eigenvalue weighted by Gasteiger charge is 2.21. The molecule has 2 saturated heterocycles. The Labute approximate surface area is 227 Å². The normalized spacial score (nSPS) is 16.4. The highest BCUT2D eigenvalue weighted by atomic mass is 35.5. The SMILES string of the molecule is CNC(=O)c1cnc2[nH]cc(-c3ccc4ncc(NCC5CCOCC5)c(N5CCOCC5)c4c3)c2c1.Cl. The molecule has 1 aromatic carbocycles. The summed E-state index contributed by atoms with van der Waals surface area (Å²) >= 11 is 0. The van der Waals surface area contributed by atoms with E-state index in [-0.39, 0.29) is 18.3 Å². The van der Waals surface area contributed by atoms with E-state index in [9.17, 15) is 4.79 Å².